The van der Waals surface area contributed by atoms with Gasteiger partial charge in [-0.05, 0) is 54.8 Å². The van der Waals surface area contributed by atoms with Crippen molar-refractivity contribution in [2.75, 3.05) is 0 Å². The van der Waals surface area contributed by atoms with Gasteiger partial charge in [-0.25, -0.2) is 18.7 Å². The number of aromatic nitrogens is 2. The van der Waals surface area contributed by atoms with E-state index in [1.54, 1.807) is 0 Å². The molecule has 3 aromatic rings. The number of aryl methyl sites for hydroxylation is 1. The van der Waals surface area contributed by atoms with Gasteiger partial charge in [-0.2, -0.15) is 17.6 Å². The minimum atomic E-state index is -4.99. The lowest BCUT2D eigenvalue weighted by molar-refractivity contribution is -0.274. The van der Waals surface area contributed by atoms with Crippen LogP contribution in [0.1, 0.15) is 68.8 Å². The maximum atomic E-state index is 14.7. The quantitative estimate of drug-likeness (QED) is 0.127. The molecule has 42 heavy (non-hydrogen) atoms. The molecule has 0 radical (unpaired) electrons. The molecule has 0 N–H and O–H groups in total. The first-order valence-corrected chi connectivity index (χ1v) is 13.0. The van der Waals surface area contributed by atoms with Crippen LogP contribution in [0.25, 0.3) is 0 Å². The van der Waals surface area contributed by atoms with E-state index in [1.165, 1.54) is 0 Å². The van der Waals surface area contributed by atoms with Crippen molar-refractivity contribution in [3.63, 3.8) is 0 Å². The Bertz CT molecular complexity index is 1260. The Morgan fingerprint density at radius 3 is 1.62 bits per heavy atom. The molecule has 2 aromatic carbocycles. The van der Waals surface area contributed by atoms with Gasteiger partial charge in [-0.3, -0.25) is 0 Å². The number of rotatable bonds is 15. The number of hydrogen-bond donors (Lipinski definition) is 0. The van der Waals surface area contributed by atoms with Crippen LogP contribution in [-0.4, -0.2) is 16.3 Å². The molecule has 0 atom stereocenters. The van der Waals surface area contributed by atoms with Crippen molar-refractivity contribution in [1.82, 2.24) is 9.97 Å². The molecule has 14 heteroatoms. The fraction of sp³-hybridized carbons (Fsp3) is 0.429. The van der Waals surface area contributed by atoms with Crippen LogP contribution in [0.2, 0.25) is 0 Å². The standard InChI is InChI=1S/C28H27F9N2O3/c1-2-3-4-5-6-7-8-9-18-14-22(29)24(23(30)15-18)26(31,32)41-21-16-38-25(39-17-21)27(33,34)40-19-10-12-20(13-11-19)42-28(35,36)37/h10-17H,2-9H2,1H3. The maximum Gasteiger partial charge on any atom is 0.573 e. The zero-order valence-corrected chi connectivity index (χ0v) is 22.3. The monoisotopic (exact) mass is 610 g/mol. The van der Waals surface area contributed by atoms with Crippen molar-refractivity contribution >= 4 is 0 Å². The van der Waals surface area contributed by atoms with E-state index in [9.17, 15) is 39.5 Å². The topological polar surface area (TPSA) is 53.5 Å². The van der Waals surface area contributed by atoms with Gasteiger partial charge in [-0.1, -0.05) is 45.4 Å². The molecule has 230 valence electrons. The molecular formula is C28H27F9N2O3. The lowest BCUT2D eigenvalue weighted by atomic mass is 10.0. The lowest BCUT2D eigenvalue weighted by Gasteiger charge is -2.20. The van der Waals surface area contributed by atoms with Gasteiger partial charge in [0.2, 0.25) is 5.82 Å². The molecular weight excluding hydrogens is 583 g/mol. The smallest absolute Gasteiger partial charge is 0.427 e. The molecule has 1 heterocycles. The Kier molecular flexibility index (Phi) is 10.9. The van der Waals surface area contributed by atoms with Crippen molar-refractivity contribution in [1.29, 1.82) is 0 Å². The van der Waals surface area contributed by atoms with Gasteiger partial charge in [0, 0.05) is 0 Å². The van der Waals surface area contributed by atoms with E-state index in [1.807, 2.05) is 0 Å². The molecule has 1 aromatic heterocycles. The molecule has 0 bridgehead atoms. The number of alkyl halides is 7. The Hall–Kier alpha value is -3.71. The lowest BCUT2D eigenvalue weighted by Crippen LogP contribution is -2.27. The Morgan fingerprint density at radius 1 is 0.619 bits per heavy atom. The van der Waals surface area contributed by atoms with E-state index in [2.05, 4.69) is 31.1 Å². The Balaban J connectivity index is 1.62. The van der Waals surface area contributed by atoms with E-state index < -0.39 is 58.9 Å². The van der Waals surface area contributed by atoms with Crippen LogP contribution < -0.4 is 14.2 Å². The van der Waals surface area contributed by atoms with Crippen molar-refractivity contribution in [2.45, 2.75) is 76.9 Å². The number of nitrogens with zero attached hydrogens (tertiary/aromatic N) is 2. The van der Waals surface area contributed by atoms with Gasteiger partial charge in [0.15, 0.2) is 5.75 Å². The molecule has 0 amide bonds. The van der Waals surface area contributed by atoms with Crippen LogP contribution in [0.15, 0.2) is 48.8 Å². The molecule has 3 rings (SSSR count). The number of hydrogen-bond acceptors (Lipinski definition) is 5. The van der Waals surface area contributed by atoms with E-state index in [0.717, 1.165) is 74.9 Å². The predicted octanol–water partition coefficient (Wildman–Crippen LogP) is 9.20. The molecule has 0 saturated carbocycles. The number of ether oxygens (including phenoxy) is 3. The minimum absolute atomic E-state index is 0.204. The van der Waals surface area contributed by atoms with Gasteiger partial charge in [0.1, 0.15) is 28.7 Å². The third-order valence-electron chi connectivity index (χ3n) is 5.90. The first kappa shape index (κ1) is 32.8. The van der Waals surface area contributed by atoms with Gasteiger partial charge in [-0.15, -0.1) is 13.2 Å². The van der Waals surface area contributed by atoms with Crippen LogP contribution >= 0.6 is 0 Å². The summed E-state index contributed by atoms with van der Waals surface area (Å²) in [6.45, 7) is 2.10. The number of unbranched alkanes of at least 4 members (excludes halogenated alkanes) is 6. The van der Waals surface area contributed by atoms with Gasteiger partial charge < -0.3 is 14.2 Å². The maximum absolute atomic E-state index is 14.7. The molecule has 0 saturated heterocycles. The van der Waals surface area contributed by atoms with E-state index in [-0.39, 0.29) is 5.56 Å². The van der Waals surface area contributed by atoms with E-state index >= 15 is 0 Å². The normalized spacial score (nSPS) is 12.3. The highest BCUT2D eigenvalue weighted by molar-refractivity contribution is 5.32. The third-order valence-corrected chi connectivity index (χ3v) is 5.90. The highest BCUT2D eigenvalue weighted by Crippen LogP contribution is 2.36. The molecule has 0 fully saturated rings. The first-order valence-electron chi connectivity index (χ1n) is 13.0. The summed E-state index contributed by atoms with van der Waals surface area (Å²) >= 11 is 0. The van der Waals surface area contributed by atoms with Crippen LogP contribution in [0.4, 0.5) is 39.5 Å². The molecule has 0 unspecified atom stereocenters. The highest BCUT2D eigenvalue weighted by atomic mass is 19.4. The SMILES string of the molecule is CCCCCCCCCc1cc(F)c(C(F)(F)Oc2cnc(C(F)(F)Oc3ccc(OC(F)(F)F)cc3)nc2)c(F)c1. The second kappa shape index (κ2) is 14.0. The summed E-state index contributed by atoms with van der Waals surface area (Å²) in [5.41, 5.74) is -1.46. The van der Waals surface area contributed by atoms with Crippen molar-refractivity contribution < 1.29 is 53.7 Å². The predicted molar refractivity (Wildman–Crippen MR) is 132 cm³/mol. The largest absolute Gasteiger partial charge is 0.573 e. The van der Waals surface area contributed by atoms with E-state index in [4.69, 9.17) is 0 Å². The zero-order chi connectivity index (χ0) is 31.0. The van der Waals surface area contributed by atoms with Gasteiger partial charge in [0.05, 0.1) is 12.4 Å². The van der Waals surface area contributed by atoms with Crippen LogP contribution in [0.3, 0.4) is 0 Å². The molecule has 0 aliphatic heterocycles. The summed E-state index contributed by atoms with van der Waals surface area (Å²) in [5.74, 6) is -6.57. The zero-order valence-electron chi connectivity index (χ0n) is 22.3. The minimum Gasteiger partial charge on any atom is -0.427 e. The van der Waals surface area contributed by atoms with Gasteiger partial charge >= 0.3 is 18.6 Å². The van der Waals surface area contributed by atoms with Crippen molar-refractivity contribution in [2.24, 2.45) is 0 Å². The fourth-order valence-corrected chi connectivity index (χ4v) is 3.96. The van der Waals surface area contributed by atoms with Gasteiger partial charge in [0.25, 0.3) is 0 Å². The van der Waals surface area contributed by atoms with Crippen molar-refractivity contribution in [3.8, 4) is 17.2 Å². The molecule has 0 aliphatic carbocycles. The number of halogens is 9. The van der Waals surface area contributed by atoms with Crippen LogP contribution in [0, 0.1) is 11.6 Å². The second-order valence-electron chi connectivity index (χ2n) is 9.31. The molecule has 5 nitrogen and oxygen atoms in total. The third kappa shape index (κ3) is 9.69. The Morgan fingerprint density at radius 2 is 1.10 bits per heavy atom. The highest BCUT2D eigenvalue weighted by Gasteiger charge is 2.42. The molecule has 0 aliphatic rings. The fourth-order valence-electron chi connectivity index (χ4n) is 3.96. The summed E-state index contributed by atoms with van der Waals surface area (Å²) in [6.07, 6.45) is -5.84. The molecule has 0 spiro atoms. The first-order chi connectivity index (χ1) is 19.7. The summed E-state index contributed by atoms with van der Waals surface area (Å²) in [5, 5.41) is 0. The van der Waals surface area contributed by atoms with Crippen molar-refractivity contribution in [3.05, 3.63) is 77.4 Å². The summed E-state index contributed by atoms with van der Waals surface area (Å²) in [4.78, 5) is 6.42. The average molecular weight is 611 g/mol. The summed E-state index contributed by atoms with van der Waals surface area (Å²) in [7, 11) is 0. The van der Waals surface area contributed by atoms with Crippen LogP contribution in [0.5, 0.6) is 17.2 Å². The van der Waals surface area contributed by atoms with E-state index in [0.29, 0.717) is 25.2 Å². The summed E-state index contributed by atoms with van der Waals surface area (Å²) < 4.78 is 136. The second-order valence-corrected chi connectivity index (χ2v) is 9.31. The van der Waals surface area contributed by atoms with Crippen LogP contribution in [-0.2, 0) is 18.6 Å². The number of benzene rings is 2. The summed E-state index contributed by atoms with van der Waals surface area (Å²) in [6, 6.07) is 4.56. The average Bonchev–Trinajstić information content (AvgIpc) is 2.88. The Labute approximate surface area is 235 Å².